The summed E-state index contributed by atoms with van der Waals surface area (Å²) in [6.07, 6.45) is 2.10. The number of thioether (sulfide) groups is 1. The molecule has 2 aromatic heterocycles. The molecular formula is C20H29N3O2S2. The summed E-state index contributed by atoms with van der Waals surface area (Å²) >= 11 is 2.84. The second kappa shape index (κ2) is 8.78. The van der Waals surface area contributed by atoms with E-state index in [0.717, 1.165) is 25.0 Å². The third kappa shape index (κ3) is 4.93. The van der Waals surface area contributed by atoms with Gasteiger partial charge in [-0.3, -0.25) is 14.2 Å². The van der Waals surface area contributed by atoms with Crippen LogP contribution in [-0.4, -0.2) is 39.2 Å². The van der Waals surface area contributed by atoms with Crippen molar-refractivity contribution in [3.63, 3.8) is 0 Å². The molecule has 3 rings (SSSR count). The molecule has 0 aromatic carbocycles. The van der Waals surface area contributed by atoms with Crippen LogP contribution in [0.4, 0.5) is 0 Å². The van der Waals surface area contributed by atoms with Crippen molar-refractivity contribution in [3.8, 4) is 0 Å². The highest BCUT2D eigenvalue weighted by Gasteiger charge is 2.25. The fourth-order valence-corrected chi connectivity index (χ4v) is 5.41. The predicted octanol–water partition coefficient (Wildman–Crippen LogP) is 4.10. The number of carbonyl (C=O) groups is 1. The highest BCUT2D eigenvalue weighted by molar-refractivity contribution is 7.99. The van der Waals surface area contributed by atoms with Gasteiger partial charge >= 0.3 is 0 Å². The normalized spacial score (nSPS) is 20.6. The highest BCUT2D eigenvalue weighted by atomic mass is 32.2. The zero-order valence-electron chi connectivity index (χ0n) is 16.6. The van der Waals surface area contributed by atoms with Gasteiger partial charge in [0, 0.05) is 19.6 Å². The summed E-state index contributed by atoms with van der Waals surface area (Å²) in [5.41, 5.74) is 0.756. The third-order valence-electron chi connectivity index (χ3n) is 5.01. The van der Waals surface area contributed by atoms with Crippen molar-refractivity contribution in [2.24, 2.45) is 17.8 Å². The molecule has 3 heterocycles. The Morgan fingerprint density at radius 1 is 1.33 bits per heavy atom. The first-order valence-electron chi connectivity index (χ1n) is 9.73. The SMILES string of the molecule is CC(C)CCn1c(SCC(=O)N2C[C@@H](C)C[C@H](C)C2)nc2ccsc2c1=O. The van der Waals surface area contributed by atoms with Crippen LogP contribution in [-0.2, 0) is 11.3 Å². The molecule has 7 heteroatoms. The summed E-state index contributed by atoms with van der Waals surface area (Å²) in [6.45, 7) is 11.0. The lowest BCUT2D eigenvalue weighted by Crippen LogP contribution is -2.43. The quantitative estimate of drug-likeness (QED) is 0.534. The minimum atomic E-state index is 0.0193. The first-order valence-corrected chi connectivity index (χ1v) is 11.6. The van der Waals surface area contributed by atoms with Gasteiger partial charge < -0.3 is 4.90 Å². The Hall–Kier alpha value is -1.34. The maximum atomic E-state index is 12.9. The average molecular weight is 408 g/mol. The van der Waals surface area contributed by atoms with E-state index in [2.05, 4.69) is 32.7 Å². The molecule has 0 N–H and O–H groups in total. The first kappa shape index (κ1) is 20.4. The Kier molecular flexibility index (Phi) is 6.63. The van der Waals surface area contributed by atoms with Crippen LogP contribution in [0.1, 0.15) is 40.5 Å². The average Bonchev–Trinajstić information content (AvgIpc) is 3.06. The number of thiophene rings is 1. The number of carbonyl (C=O) groups excluding carboxylic acids is 1. The number of likely N-dealkylation sites (tertiary alicyclic amines) is 1. The molecule has 0 saturated carbocycles. The lowest BCUT2D eigenvalue weighted by atomic mass is 9.92. The molecule has 1 saturated heterocycles. The second-order valence-corrected chi connectivity index (χ2v) is 10.1. The van der Waals surface area contributed by atoms with Crippen molar-refractivity contribution < 1.29 is 4.79 Å². The van der Waals surface area contributed by atoms with E-state index >= 15 is 0 Å². The molecule has 1 aliphatic heterocycles. The van der Waals surface area contributed by atoms with Crippen LogP contribution in [0, 0.1) is 17.8 Å². The van der Waals surface area contributed by atoms with Gasteiger partial charge in [-0.2, -0.15) is 0 Å². The van der Waals surface area contributed by atoms with Gasteiger partial charge in [0.05, 0.1) is 11.3 Å². The van der Waals surface area contributed by atoms with E-state index in [1.54, 1.807) is 4.57 Å². The van der Waals surface area contributed by atoms with Crippen LogP contribution < -0.4 is 5.56 Å². The van der Waals surface area contributed by atoms with E-state index < -0.39 is 0 Å². The van der Waals surface area contributed by atoms with Gasteiger partial charge in [0.1, 0.15) is 4.70 Å². The van der Waals surface area contributed by atoms with Gasteiger partial charge in [0.15, 0.2) is 5.16 Å². The number of nitrogens with zero attached hydrogens (tertiary/aromatic N) is 3. The fourth-order valence-electron chi connectivity index (χ4n) is 3.70. The first-order chi connectivity index (χ1) is 12.8. The van der Waals surface area contributed by atoms with E-state index in [4.69, 9.17) is 0 Å². The van der Waals surface area contributed by atoms with Crippen molar-refractivity contribution in [2.45, 2.75) is 52.2 Å². The zero-order valence-corrected chi connectivity index (χ0v) is 18.2. The van der Waals surface area contributed by atoms with Crippen LogP contribution >= 0.6 is 23.1 Å². The maximum absolute atomic E-state index is 12.9. The van der Waals surface area contributed by atoms with Crippen molar-refractivity contribution in [3.05, 3.63) is 21.8 Å². The number of piperidine rings is 1. The van der Waals surface area contributed by atoms with Crippen molar-refractivity contribution in [1.82, 2.24) is 14.5 Å². The Morgan fingerprint density at radius 2 is 2.04 bits per heavy atom. The van der Waals surface area contributed by atoms with E-state index in [9.17, 15) is 9.59 Å². The van der Waals surface area contributed by atoms with Crippen molar-refractivity contribution in [1.29, 1.82) is 0 Å². The predicted molar refractivity (Wildman–Crippen MR) is 114 cm³/mol. The topological polar surface area (TPSA) is 55.2 Å². The van der Waals surface area contributed by atoms with Gasteiger partial charge in [0.2, 0.25) is 5.91 Å². The lowest BCUT2D eigenvalue weighted by molar-refractivity contribution is -0.130. The molecule has 0 unspecified atom stereocenters. The number of hydrogen-bond acceptors (Lipinski definition) is 5. The lowest BCUT2D eigenvalue weighted by Gasteiger charge is -2.35. The zero-order chi connectivity index (χ0) is 19.6. The van der Waals surface area contributed by atoms with E-state index in [1.807, 2.05) is 16.3 Å². The molecule has 0 aliphatic carbocycles. The smallest absolute Gasteiger partial charge is 0.272 e. The highest BCUT2D eigenvalue weighted by Crippen LogP contribution is 2.24. The molecule has 1 amide bonds. The Morgan fingerprint density at radius 3 is 2.70 bits per heavy atom. The molecule has 2 aromatic rings. The standard InChI is InChI=1S/C20H29N3O2S2/c1-13(2)5-7-23-19(25)18-16(6-8-26-18)21-20(23)27-12-17(24)22-10-14(3)9-15(4)11-22/h6,8,13-15H,5,7,9-12H2,1-4H3/t14-,15-/m0/s1. The van der Waals surface area contributed by atoms with Gasteiger partial charge in [-0.1, -0.05) is 39.5 Å². The largest absolute Gasteiger partial charge is 0.341 e. The Labute approximate surface area is 169 Å². The molecule has 2 atom stereocenters. The van der Waals surface area contributed by atoms with Crippen LogP contribution in [0.3, 0.4) is 0 Å². The maximum Gasteiger partial charge on any atom is 0.272 e. The van der Waals surface area contributed by atoms with E-state index in [0.29, 0.717) is 39.9 Å². The van der Waals surface area contributed by atoms with Gasteiger partial charge in [-0.05, 0) is 42.0 Å². The number of hydrogen-bond donors (Lipinski definition) is 0. The Balaban J connectivity index is 1.77. The van der Waals surface area contributed by atoms with E-state index in [-0.39, 0.29) is 11.5 Å². The minimum Gasteiger partial charge on any atom is -0.341 e. The van der Waals surface area contributed by atoms with Crippen LogP contribution in [0.15, 0.2) is 21.4 Å². The molecule has 27 heavy (non-hydrogen) atoms. The molecule has 148 valence electrons. The molecule has 1 aliphatic rings. The summed E-state index contributed by atoms with van der Waals surface area (Å²) < 4.78 is 2.46. The van der Waals surface area contributed by atoms with Crippen LogP contribution in [0.2, 0.25) is 0 Å². The summed E-state index contributed by atoms with van der Waals surface area (Å²) in [5.74, 6) is 2.09. The van der Waals surface area contributed by atoms with Gasteiger partial charge in [-0.25, -0.2) is 4.98 Å². The summed E-state index contributed by atoms with van der Waals surface area (Å²) in [7, 11) is 0. The number of fused-ring (bicyclic) bond motifs is 1. The van der Waals surface area contributed by atoms with Gasteiger partial charge in [0.25, 0.3) is 5.56 Å². The van der Waals surface area contributed by atoms with Crippen molar-refractivity contribution in [2.75, 3.05) is 18.8 Å². The molecule has 0 radical (unpaired) electrons. The molecular weight excluding hydrogens is 378 g/mol. The number of amides is 1. The fraction of sp³-hybridized carbons (Fsp3) is 0.650. The molecule has 5 nitrogen and oxygen atoms in total. The van der Waals surface area contributed by atoms with E-state index in [1.165, 1.54) is 29.5 Å². The summed E-state index contributed by atoms with van der Waals surface area (Å²) in [5, 5.41) is 2.57. The van der Waals surface area contributed by atoms with Crippen LogP contribution in [0.25, 0.3) is 10.2 Å². The number of aromatic nitrogens is 2. The summed E-state index contributed by atoms with van der Waals surface area (Å²) in [4.78, 5) is 32.3. The van der Waals surface area contributed by atoms with Gasteiger partial charge in [-0.15, -0.1) is 11.3 Å². The monoisotopic (exact) mass is 407 g/mol. The molecule has 0 bridgehead atoms. The van der Waals surface area contributed by atoms with Crippen molar-refractivity contribution >= 4 is 39.2 Å². The molecule has 0 spiro atoms. The summed E-state index contributed by atoms with van der Waals surface area (Å²) in [6, 6.07) is 1.88. The number of rotatable bonds is 6. The minimum absolute atomic E-state index is 0.0193. The molecule has 1 fully saturated rings. The van der Waals surface area contributed by atoms with Crippen LogP contribution in [0.5, 0.6) is 0 Å². The Bertz CT molecular complexity index is 849. The second-order valence-electron chi connectivity index (χ2n) is 8.20. The third-order valence-corrected chi connectivity index (χ3v) is 6.86.